The van der Waals surface area contributed by atoms with Gasteiger partial charge in [-0.2, -0.15) is 9.49 Å². The number of hydrogen-bond acceptors (Lipinski definition) is 5. The zero-order valence-corrected chi connectivity index (χ0v) is 10.9. The van der Waals surface area contributed by atoms with Crippen molar-refractivity contribution in [1.82, 2.24) is 10.2 Å². The van der Waals surface area contributed by atoms with Crippen LogP contribution in [0.3, 0.4) is 0 Å². The minimum atomic E-state index is -4.08. The van der Waals surface area contributed by atoms with Gasteiger partial charge in [-0.15, -0.1) is 0 Å². The summed E-state index contributed by atoms with van der Waals surface area (Å²) in [6, 6.07) is 3.75. The average molecular weight is 300 g/mol. The number of rotatable bonds is 4. The molecule has 0 aliphatic rings. The summed E-state index contributed by atoms with van der Waals surface area (Å²) in [7, 11) is -4.08. The standard InChI is InChI=1S/C10H9FN4O4S/c1-6-4-10(13-12-6)14-20(18,19)7-2-3-8(11)9(5-7)15(16)17/h2-5H,1H3,(H2,12,13,14). The second kappa shape index (κ2) is 4.89. The largest absolute Gasteiger partial charge is 0.306 e. The molecule has 2 N–H and O–H groups in total. The molecule has 0 spiro atoms. The third-order valence-electron chi connectivity index (χ3n) is 2.37. The number of aromatic amines is 1. The quantitative estimate of drug-likeness (QED) is 0.656. The van der Waals surface area contributed by atoms with Gasteiger partial charge >= 0.3 is 5.69 Å². The maximum atomic E-state index is 13.2. The molecular weight excluding hydrogens is 291 g/mol. The Balaban J connectivity index is 2.39. The van der Waals surface area contributed by atoms with Crippen molar-refractivity contribution in [2.24, 2.45) is 0 Å². The molecule has 0 amide bonds. The summed E-state index contributed by atoms with van der Waals surface area (Å²) in [5.41, 5.74) is -0.279. The van der Waals surface area contributed by atoms with E-state index in [9.17, 15) is 22.9 Å². The van der Waals surface area contributed by atoms with E-state index in [0.29, 0.717) is 11.8 Å². The molecule has 0 bridgehead atoms. The summed E-state index contributed by atoms with van der Waals surface area (Å²) in [5.74, 6) is -1.07. The van der Waals surface area contributed by atoms with Crippen LogP contribution in [-0.2, 0) is 10.0 Å². The first-order valence-electron chi connectivity index (χ1n) is 5.28. The fourth-order valence-electron chi connectivity index (χ4n) is 1.47. The van der Waals surface area contributed by atoms with Crippen molar-refractivity contribution < 1.29 is 17.7 Å². The number of nitrogens with one attached hydrogen (secondary N) is 2. The lowest BCUT2D eigenvalue weighted by molar-refractivity contribution is -0.387. The second-order valence-corrected chi connectivity index (χ2v) is 5.59. The molecule has 0 radical (unpaired) electrons. The second-order valence-electron chi connectivity index (χ2n) is 3.91. The number of aromatic nitrogens is 2. The number of sulfonamides is 1. The van der Waals surface area contributed by atoms with Crippen molar-refractivity contribution >= 4 is 21.5 Å². The van der Waals surface area contributed by atoms with Gasteiger partial charge in [0.2, 0.25) is 5.82 Å². The third-order valence-corrected chi connectivity index (χ3v) is 3.72. The molecule has 1 aromatic carbocycles. The summed E-state index contributed by atoms with van der Waals surface area (Å²) in [5, 5.41) is 16.8. The smallest absolute Gasteiger partial charge is 0.281 e. The molecule has 20 heavy (non-hydrogen) atoms. The van der Waals surface area contributed by atoms with Crippen LogP contribution in [-0.4, -0.2) is 23.5 Å². The highest BCUT2D eigenvalue weighted by Gasteiger charge is 2.22. The minimum absolute atomic E-state index is 0.0366. The third kappa shape index (κ3) is 2.74. The van der Waals surface area contributed by atoms with Gasteiger partial charge in [-0.3, -0.25) is 19.9 Å². The highest BCUT2D eigenvalue weighted by molar-refractivity contribution is 7.92. The summed E-state index contributed by atoms with van der Waals surface area (Å²) in [4.78, 5) is 9.18. The molecule has 0 aliphatic carbocycles. The average Bonchev–Trinajstić information content (AvgIpc) is 2.73. The number of hydrogen-bond donors (Lipinski definition) is 2. The Labute approximate surface area is 112 Å². The Morgan fingerprint density at radius 1 is 1.40 bits per heavy atom. The van der Waals surface area contributed by atoms with Crippen LogP contribution in [0.25, 0.3) is 0 Å². The van der Waals surface area contributed by atoms with Crippen LogP contribution in [0.1, 0.15) is 5.69 Å². The highest BCUT2D eigenvalue weighted by atomic mass is 32.2. The first kappa shape index (κ1) is 13.9. The van der Waals surface area contributed by atoms with Gasteiger partial charge in [0.15, 0.2) is 5.82 Å². The van der Waals surface area contributed by atoms with Crippen molar-refractivity contribution in [2.45, 2.75) is 11.8 Å². The van der Waals surface area contributed by atoms with E-state index >= 15 is 0 Å². The van der Waals surface area contributed by atoms with Crippen LogP contribution in [0.2, 0.25) is 0 Å². The van der Waals surface area contributed by atoms with Crippen molar-refractivity contribution in [3.8, 4) is 0 Å². The number of aryl methyl sites for hydroxylation is 1. The van der Waals surface area contributed by atoms with Crippen LogP contribution < -0.4 is 4.72 Å². The number of anilines is 1. The zero-order chi connectivity index (χ0) is 14.9. The van der Waals surface area contributed by atoms with E-state index in [4.69, 9.17) is 0 Å². The van der Waals surface area contributed by atoms with Crippen LogP contribution >= 0.6 is 0 Å². The molecule has 2 rings (SSSR count). The van der Waals surface area contributed by atoms with E-state index in [1.807, 2.05) is 0 Å². The molecular formula is C10H9FN4O4S. The molecule has 1 heterocycles. The Bertz CT molecular complexity index is 771. The normalized spacial score (nSPS) is 11.3. The molecule has 106 valence electrons. The van der Waals surface area contributed by atoms with Crippen LogP contribution in [0, 0.1) is 22.9 Å². The van der Waals surface area contributed by atoms with Crippen LogP contribution in [0.5, 0.6) is 0 Å². The van der Waals surface area contributed by atoms with Gasteiger partial charge in [-0.1, -0.05) is 0 Å². The first-order chi connectivity index (χ1) is 9.29. The molecule has 0 atom stereocenters. The zero-order valence-electron chi connectivity index (χ0n) is 10.1. The molecule has 0 aliphatic heterocycles. The van der Waals surface area contributed by atoms with Crippen LogP contribution in [0.15, 0.2) is 29.2 Å². The minimum Gasteiger partial charge on any atom is -0.281 e. The molecule has 0 unspecified atom stereocenters. The molecule has 0 fully saturated rings. The van der Waals surface area contributed by atoms with E-state index in [-0.39, 0.29) is 5.82 Å². The van der Waals surface area contributed by atoms with Gasteiger partial charge in [-0.05, 0) is 19.1 Å². The predicted molar refractivity (Wildman–Crippen MR) is 67.2 cm³/mol. The topological polar surface area (TPSA) is 118 Å². The number of nitro benzene ring substituents is 1. The molecule has 0 saturated carbocycles. The molecule has 2 aromatic rings. The van der Waals surface area contributed by atoms with E-state index < -0.39 is 31.3 Å². The number of nitro groups is 1. The summed E-state index contributed by atoms with van der Waals surface area (Å²) in [6.07, 6.45) is 0. The van der Waals surface area contributed by atoms with Crippen molar-refractivity contribution in [1.29, 1.82) is 0 Å². The Hall–Kier alpha value is -2.49. The van der Waals surface area contributed by atoms with Gasteiger partial charge < -0.3 is 0 Å². The highest BCUT2D eigenvalue weighted by Crippen LogP contribution is 2.23. The number of nitrogens with zero attached hydrogens (tertiary/aromatic N) is 2. The van der Waals surface area contributed by atoms with Gasteiger partial charge in [0, 0.05) is 17.8 Å². The van der Waals surface area contributed by atoms with E-state index in [1.54, 1.807) is 6.92 Å². The Morgan fingerprint density at radius 2 is 2.10 bits per heavy atom. The van der Waals surface area contributed by atoms with Gasteiger partial charge in [0.05, 0.1) is 9.82 Å². The molecule has 1 aromatic heterocycles. The summed E-state index contributed by atoms with van der Waals surface area (Å²) >= 11 is 0. The summed E-state index contributed by atoms with van der Waals surface area (Å²) in [6.45, 7) is 1.67. The van der Waals surface area contributed by atoms with E-state index in [2.05, 4.69) is 14.9 Å². The molecule has 10 heteroatoms. The van der Waals surface area contributed by atoms with Crippen molar-refractivity contribution in [3.05, 3.63) is 45.9 Å². The van der Waals surface area contributed by atoms with Gasteiger partial charge in [0.1, 0.15) is 0 Å². The first-order valence-corrected chi connectivity index (χ1v) is 6.77. The van der Waals surface area contributed by atoms with Gasteiger partial charge in [0.25, 0.3) is 10.0 Å². The number of benzene rings is 1. The SMILES string of the molecule is Cc1cc(NS(=O)(=O)c2ccc(F)c([N+](=O)[O-])c2)n[nH]1. The maximum Gasteiger partial charge on any atom is 0.306 e. The van der Waals surface area contributed by atoms with E-state index in [1.165, 1.54) is 6.07 Å². The number of halogens is 1. The summed E-state index contributed by atoms with van der Waals surface area (Å²) < 4.78 is 39.3. The Morgan fingerprint density at radius 3 is 2.65 bits per heavy atom. The lowest BCUT2D eigenvalue weighted by Crippen LogP contribution is -2.13. The predicted octanol–water partition coefficient (Wildman–Crippen LogP) is 1.57. The van der Waals surface area contributed by atoms with Gasteiger partial charge in [-0.25, -0.2) is 8.42 Å². The number of H-pyrrole nitrogens is 1. The lowest BCUT2D eigenvalue weighted by Gasteiger charge is -2.05. The molecule has 0 saturated heterocycles. The molecule has 8 nitrogen and oxygen atoms in total. The van der Waals surface area contributed by atoms with Crippen molar-refractivity contribution in [3.63, 3.8) is 0 Å². The Kier molecular flexibility index (Phi) is 3.40. The van der Waals surface area contributed by atoms with Crippen LogP contribution in [0.4, 0.5) is 15.9 Å². The fourth-order valence-corrected chi connectivity index (χ4v) is 2.48. The van der Waals surface area contributed by atoms with E-state index in [0.717, 1.165) is 12.1 Å². The fraction of sp³-hybridized carbons (Fsp3) is 0.100. The lowest BCUT2D eigenvalue weighted by atomic mass is 10.3. The van der Waals surface area contributed by atoms with Crippen molar-refractivity contribution in [2.75, 3.05) is 4.72 Å². The maximum absolute atomic E-state index is 13.2. The monoisotopic (exact) mass is 300 g/mol.